The van der Waals surface area contributed by atoms with Crippen molar-refractivity contribution >= 4 is 5.97 Å². The molecule has 102 valence electrons. The Morgan fingerprint density at radius 1 is 1.41 bits per heavy atom. The second-order valence-corrected chi connectivity index (χ2v) is 3.69. The summed E-state index contributed by atoms with van der Waals surface area (Å²) in [6.07, 6.45) is -0.705. The molecule has 0 saturated carbocycles. The second-order valence-electron chi connectivity index (χ2n) is 3.69. The maximum Gasteiger partial charge on any atom is 0.319 e. The maximum absolute atomic E-state index is 11.0. The van der Waals surface area contributed by atoms with Gasteiger partial charge in [-0.05, 0) is 13.8 Å². The lowest BCUT2D eigenvalue weighted by Crippen LogP contribution is -2.35. The number of carbonyl (C=O) groups is 1. The Kier molecular flexibility index (Phi) is 10.0. The van der Waals surface area contributed by atoms with E-state index < -0.39 is 6.10 Å². The molecule has 0 fully saturated rings. The maximum atomic E-state index is 11.0. The summed E-state index contributed by atoms with van der Waals surface area (Å²) in [6, 6.07) is 0. The molecule has 17 heavy (non-hydrogen) atoms. The molecule has 0 aliphatic rings. The largest absolute Gasteiger partial charge is 0.465 e. The predicted octanol–water partition coefficient (Wildman–Crippen LogP) is -0.448. The number of hydrogen-bond donors (Lipinski definition) is 2. The molecule has 0 aliphatic heterocycles. The standard InChI is InChI=1S/C11H23NO5/c1-4-16-11(14)6-12-5-10(13)8-17-9(2)7-15-3/h9-10,12-13H,4-8H2,1-3H3. The fraction of sp³-hybridized carbons (Fsp3) is 0.909. The molecule has 0 saturated heterocycles. The van der Waals surface area contributed by atoms with Gasteiger partial charge in [-0.2, -0.15) is 0 Å². The van der Waals surface area contributed by atoms with Crippen LogP contribution >= 0.6 is 0 Å². The number of rotatable bonds is 10. The van der Waals surface area contributed by atoms with Crippen LogP contribution in [0.25, 0.3) is 0 Å². The Morgan fingerprint density at radius 3 is 2.71 bits per heavy atom. The highest BCUT2D eigenvalue weighted by atomic mass is 16.5. The molecule has 0 spiro atoms. The van der Waals surface area contributed by atoms with Crippen LogP contribution < -0.4 is 5.32 Å². The minimum absolute atomic E-state index is 0.0558. The van der Waals surface area contributed by atoms with Gasteiger partial charge in [-0.15, -0.1) is 0 Å². The summed E-state index contributed by atoms with van der Waals surface area (Å²) in [5.41, 5.74) is 0. The van der Waals surface area contributed by atoms with Crippen molar-refractivity contribution in [2.45, 2.75) is 26.1 Å². The lowest BCUT2D eigenvalue weighted by molar-refractivity contribution is -0.142. The molecule has 6 heteroatoms. The topological polar surface area (TPSA) is 77.0 Å². The summed E-state index contributed by atoms with van der Waals surface area (Å²) in [6.45, 7) is 5.06. The van der Waals surface area contributed by atoms with Crippen LogP contribution in [0.15, 0.2) is 0 Å². The summed E-state index contributed by atoms with van der Waals surface area (Å²) in [4.78, 5) is 11.0. The van der Waals surface area contributed by atoms with E-state index in [0.29, 0.717) is 19.8 Å². The van der Waals surface area contributed by atoms with Crippen LogP contribution in [0.1, 0.15) is 13.8 Å². The highest BCUT2D eigenvalue weighted by Gasteiger charge is 2.08. The van der Waals surface area contributed by atoms with E-state index >= 15 is 0 Å². The summed E-state index contributed by atoms with van der Waals surface area (Å²) >= 11 is 0. The smallest absolute Gasteiger partial charge is 0.319 e. The Morgan fingerprint density at radius 2 is 2.12 bits per heavy atom. The number of aliphatic hydroxyl groups is 1. The van der Waals surface area contributed by atoms with Gasteiger partial charge in [-0.25, -0.2) is 0 Å². The summed E-state index contributed by atoms with van der Waals surface area (Å²) in [7, 11) is 1.59. The highest BCUT2D eigenvalue weighted by molar-refractivity contribution is 5.71. The van der Waals surface area contributed by atoms with Gasteiger partial charge in [0.15, 0.2) is 0 Å². The van der Waals surface area contributed by atoms with Gasteiger partial charge in [0.05, 0.1) is 38.6 Å². The SMILES string of the molecule is CCOC(=O)CNCC(O)COC(C)COC. The van der Waals surface area contributed by atoms with Crippen molar-refractivity contribution in [1.82, 2.24) is 5.32 Å². The molecule has 2 N–H and O–H groups in total. The molecule has 0 heterocycles. The zero-order valence-corrected chi connectivity index (χ0v) is 10.8. The lowest BCUT2D eigenvalue weighted by Gasteiger charge is -2.16. The monoisotopic (exact) mass is 249 g/mol. The molecule has 6 nitrogen and oxygen atoms in total. The first-order valence-corrected chi connectivity index (χ1v) is 5.75. The number of ether oxygens (including phenoxy) is 3. The molecule has 0 bridgehead atoms. The normalized spacial score (nSPS) is 14.4. The van der Waals surface area contributed by atoms with E-state index in [2.05, 4.69) is 5.32 Å². The molecule has 0 aromatic rings. The number of methoxy groups -OCH3 is 1. The molecule has 0 amide bonds. The minimum atomic E-state index is -0.649. The average molecular weight is 249 g/mol. The van der Waals surface area contributed by atoms with Crippen LogP contribution in [0, 0.1) is 0 Å². The Bertz CT molecular complexity index is 200. The Labute approximate surface area is 102 Å². The van der Waals surface area contributed by atoms with Crippen molar-refractivity contribution in [2.24, 2.45) is 0 Å². The molecule has 0 aromatic heterocycles. The van der Waals surface area contributed by atoms with Crippen molar-refractivity contribution in [2.75, 3.05) is 40.0 Å². The molecule has 0 aliphatic carbocycles. The fourth-order valence-corrected chi connectivity index (χ4v) is 1.17. The van der Waals surface area contributed by atoms with Crippen LogP contribution in [-0.4, -0.2) is 63.3 Å². The van der Waals surface area contributed by atoms with E-state index in [1.165, 1.54) is 0 Å². The van der Waals surface area contributed by atoms with E-state index in [1.54, 1.807) is 14.0 Å². The summed E-state index contributed by atoms with van der Waals surface area (Å²) < 4.78 is 14.9. The van der Waals surface area contributed by atoms with Crippen molar-refractivity contribution in [3.63, 3.8) is 0 Å². The van der Waals surface area contributed by atoms with E-state index in [4.69, 9.17) is 14.2 Å². The van der Waals surface area contributed by atoms with Crippen LogP contribution in [0.3, 0.4) is 0 Å². The highest BCUT2D eigenvalue weighted by Crippen LogP contribution is 1.93. The van der Waals surface area contributed by atoms with Crippen LogP contribution in [-0.2, 0) is 19.0 Å². The number of esters is 1. The van der Waals surface area contributed by atoms with Gasteiger partial charge in [0.25, 0.3) is 0 Å². The third-order valence-electron chi connectivity index (χ3n) is 1.93. The van der Waals surface area contributed by atoms with Crippen molar-refractivity contribution in [1.29, 1.82) is 0 Å². The van der Waals surface area contributed by atoms with Gasteiger partial charge < -0.3 is 24.6 Å². The molecule has 2 unspecified atom stereocenters. The van der Waals surface area contributed by atoms with Gasteiger partial charge in [0.2, 0.25) is 0 Å². The molecular weight excluding hydrogens is 226 g/mol. The van der Waals surface area contributed by atoms with Gasteiger partial charge in [0, 0.05) is 13.7 Å². The first-order chi connectivity index (χ1) is 8.10. The van der Waals surface area contributed by atoms with Crippen molar-refractivity contribution in [3.05, 3.63) is 0 Å². The fourth-order valence-electron chi connectivity index (χ4n) is 1.17. The quantitative estimate of drug-likeness (QED) is 0.511. The minimum Gasteiger partial charge on any atom is -0.465 e. The molecule has 0 radical (unpaired) electrons. The summed E-state index contributed by atoms with van der Waals surface area (Å²) in [5, 5.41) is 12.3. The van der Waals surface area contributed by atoms with Gasteiger partial charge in [-0.3, -0.25) is 4.79 Å². The third kappa shape index (κ3) is 10.2. The molecule has 0 rings (SSSR count). The van der Waals surface area contributed by atoms with Gasteiger partial charge >= 0.3 is 5.97 Å². The number of aliphatic hydroxyl groups excluding tert-OH is 1. The predicted molar refractivity (Wildman–Crippen MR) is 62.8 cm³/mol. The third-order valence-corrected chi connectivity index (χ3v) is 1.93. The number of hydrogen-bond acceptors (Lipinski definition) is 6. The number of nitrogens with one attached hydrogen (secondary N) is 1. The van der Waals surface area contributed by atoms with E-state index in [9.17, 15) is 9.90 Å². The first-order valence-electron chi connectivity index (χ1n) is 5.75. The Hall–Kier alpha value is -0.690. The lowest BCUT2D eigenvalue weighted by atomic mass is 10.3. The van der Waals surface area contributed by atoms with Crippen LogP contribution in [0.4, 0.5) is 0 Å². The molecule has 0 aromatic carbocycles. The van der Waals surface area contributed by atoms with E-state index in [-0.39, 0.29) is 25.2 Å². The van der Waals surface area contributed by atoms with Crippen molar-refractivity contribution in [3.8, 4) is 0 Å². The number of carbonyl (C=O) groups excluding carboxylic acids is 1. The second kappa shape index (κ2) is 10.5. The molecular formula is C11H23NO5. The summed E-state index contributed by atoms with van der Waals surface area (Å²) in [5.74, 6) is -0.326. The van der Waals surface area contributed by atoms with Gasteiger partial charge in [-0.1, -0.05) is 0 Å². The Balaban J connectivity index is 3.46. The van der Waals surface area contributed by atoms with E-state index in [0.717, 1.165) is 0 Å². The van der Waals surface area contributed by atoms with E-state index in [1.807, 2.05) is 6.92 Å². The zero-order valence-electron chi connectivity index (χ0n) is 10.8. The first kappa shape index (κ1) is 16.3. The zero-order chi connectivity index (χ0) is 13.1. The van der Waals surface area contributed by atoms with Crippen LogP contribution in [0.5, 0.6) is 0 Å². The van der Waals surface area contributed by atoms with Crippen LogP contribution in [0.2, 0.25) is 0 Å². The van der Waals surface area contributed by atoms with Gasteiger partial charge in [0.1, 0.15) is 0 Å². The molecule has 2 atom stereocenters. The average Bonchev–Trinajstić information content (AvgIpc) is 2.27. The van der Waals surface area contributed by atoms with Crippen molar-refractivity contribution < 1.29 is 24.1 Å².